The highest BCUT2D eigenvalue weighted by atomic mass is 32.2. The monoisotopic (exact) mass is 484 g/mol. The smallest absolute Gasteiger partial charge is 0.410 e. The standard InChI is InChI=1S/C26H32N2O3S2/c1-19(27-33(30)26(2,3)4)23-15-16-24(32-23)22-14-10-9-13-21(22)17-28(5)25(29)31-18-20-11-7-6-8-12-20/h6-16,19,27H,17-18H2,1-5H3/t19-,33?/m1/s1. The molecule has 3 rings (SSSR count). The van der Waals surface area contributed by atoms with Crippen molar-refractivity contribution in [3.05, 3.63) is 82.7 Å². The summed E-state index contributed by atoms with van der Waals surface area (Å²) in [6.07, 6.45) is -0.358. The topological polar surface area (TPSA) is 64.6 Å². The van der Waals surface area contributed by atoms with Gasteiger partial charge in [-0.2, -0.15) is 0 Å². The van der Waals surface area contributed by atoms with Gasteiger partial charge in [0.25, 0.3) is 0 Å². The molecule has 5 nitrogen and oxygen atoms in total. The molecule has 1 heterocycles. The van der Waals surface area contributed by atoms with Gasteiger partial charge < -0.3 is 14.2 Å². The summed E-state index contributed by atoms with van der Waals surface area (Å²) in [6.45, 7) is 8.60. The number of ether oxygens (including phenoxy) is 1. The second kappa shape index (κ2) is 11.2. The maximum atomic E-state index is 12.5. The number of nitrogens with zero attached hydrogens (tertiary/aromatic N) is 1. The van der Waals surface area contributed by atoms with E-state index in [0.717, 1.165) is 26.4 Å². The fourth-order valence-corrected chi connectivity index (χ4v) is 5.12. The van der Waals surface area contributed by atoms with Crippen LogP contribution in [0, 0.1) is 0 Å². The lowest BCUT2D eigenvalue weighted by Gasteiger charge is -2.26. The van der Waals surface area contributed by atoms with Crippen LogP contribution in [0.4, 0.5) is 4.79 Å². The molecule has 2 atom stereocenters. The van der Waals surface area contributed by atoms with Crippen LogP contribution < -0.4 is 4.72 Å². The van der Waals surface area contributed by atoms with Crippen LogP contribution in [0.15, 0.2) is 66.7 Å². The van der Waals surface area contributed by atoms with Gasteiger partial charge in [0, 0.05) is 34.7 Å². The van der Waals surface area contributed by atoms with Crippen LogP contribution >= 0.6 is 11.3 Å². The summed E-state index contributed by atoms with van der Waals surface area (Å²) in [7, 11) is 1.75. The first kappa shape index (κ1) is 25.3. The summed E-state index contributed by atoms with van der Waals surface area (Å²) in [5, 5.41) is 0. The molecule has 3 aromatic rings. The van der Waals surface area contributed by atoms with Crippen LogP contribution in [0.3, 0.4) is 0 Å². The first-order chi connectivity index (χ1) is 15.6. The Kier molecular flexibility index (Phi) is 8.59. The lowest BCUT2D eigenvalue weighted by atomic mass is 10.1. The third kappa shape index (κ3) is 7.08. The van der Waals surface area contributed by atoms with Crippen LogP contribution in [0.2, 0.25) is 0 Å². The van der Waals surface area contributed by atoms with Crippen molar-refractivity contribution in [3.8, 4) is 10.4 Å². The van der Waals surface area contributed by atoms with Gasteiger partial charge in [0.15, 0.2) is 0 Å². The number of hydrogen-bond acceptors (Lipinski definition) is 5. The summed E-state index contributed by atoms with van der Waals surface area (Å²) in [5.41, 5.74) is 3.09. The Balaban J connectivity index is 1.67. The van der Waals surface area contributed by atoms with Gasteiger partial charge in [-0.25, -0.2) is 4.79 Å². The Morgan fingerprint density at radius 3 is 2.45 bits per heavy atom. The molecule has 33 heavy (non-hydrogen) atoms. The van der Waals surface area contributed by atoms with Crippen molar-refractivity contribution < 1.29 is 14.1 Å². The minimum Gasteiger partial charge on any atom is -0.598 e. The Labute approximate surface area is 204 Å². The number of carbonyl (C=O) groups excluding carboxylic acids is 1. The molecule has 0 saturated heterocycles. The number of carbonyl (C=O) groups is 1. The molecule has 1 aromatic heterocycles. The van der Waals surface area contributed by atoms with Crippen molar-refractivity contribution in [2.24, 2.45) is 0 Å². The zero-order valence-electron chi connectivity index (χ0n) is 19.8. The molecule has 0 saturated carbocycles. The molecule has 1 amide bonds. The predicted octanol–water partition coefficient (Wildman–Crippen LogP) is 6.30. The first-order valence-corrected chi connectivity index (χ1v) is 12.9. The average molecular weight is 485 g/mol. The minimum atomic E-state index is -1.14. The van der Waals surface area contributed by atoms with E-state index in [1.165, 1.54) is 0 Å². The second-order valence-corrected chi connectivity index (χ2v) is 12.1. The Morgan fingerprint density at radius 2 is 1.76 bits per heavy atom. The largest absolute Gasteiger partial charge is 0.598 e. The fraction of sp³-hybridized carbons (Fsp3) is 0.346. The van der Waals surface area contributed by atoms with E-state index < -0.39 is 11.4 Å². The third-order valence-electron chi connectivity index (χ3n) is 5.10. The van der Waals surface area contributed by atoms with Crippen molar-refractivity contribution in [2.45, 2.75) is 51.6 Å². The van der Waals surface area contributed by atoms with Gasteiger partial charge in [0.1, 0.15) is 11.4 Å². The number of amides is 1. The van der Waals surface area contributed by atoms with Gasteiger partial charge in [0.2, 0.25) is 0 Å². The molecule has 176 valence electrons. The highest BCUT2D eigenvalue weighted by Crippen LogP contribution is 2.34. The van der Waals surface area contributed by atoms with E-state index in [0.29, 0.717) is 6.54 Å². The van der Waals surface area contributed by atoms with Crippen molar-refractivity contribution >= 4 is 28.8 Å². The van der Waals surface area contributed by atoms with Crippen LogP contribution in [-0.4, -0.2) is 27.3 Å². The molecule has 1 N–H and O–H groups in total. The van der Waals surface area contributed by atoms with E-state index in [1.54, 1.807) is 23.3 Å². The molecule has 0 spiro atoms. The van der Waals surface area contributed by atoms with Crippen molar-refractivity contribution in [2.75, 3.05) is 7.05 Å². The Morgan fingerprint density at radius 1 is 1.09 bits per heavy atom. The second-order valence-electron chi connectivity index (χ2n) is 8.98. The zero-order valence-corrected chi connectivity index (χ0v) is 21.5. The molecule has 2 aromatic carbocycles. The number of rotatable bonds is 8. The van der Waals surface area contributed by atoms with E-state index in [4.69, 9.17) is 4.74 Å². The SMILES string of the molecule is C[C@@H](N[S+]([O-])C(C)(C)C)c1ccc(-c2ccccc2CN(C)C(=O)OCc2ccccc2)s1. The zero-order chi connectivity index (χ0) is 24.0. The van der Waals surface area contributed by atoms with Crippen LogP contribution in [0.25, 0.3) is 10.4 Å². The maximum Gasteiger partial charge on any atom is 0.410 e. The predicted molar refractivity (Wildman–Crippen MR) is 137 cm³/mol. The van der Waals surface area contributed by atoms with Crippen LogP contribution in [-0.2, 0) is 29.3 Å². The van der Waals surface area contributed by atoms with Gasteiger partial charge in [-0.15, -0.1) is 16.1 Å². The summed E-state index contributed by atoms with van der Waals surface area (Å²) in [5.74, 6) is 0. The molecule has 0 bridgehead atoms. The molecule has 0 aliphatic rings. The highest BCUT2D eigenvalue weighted by Gasteiger charge is 2.28. The Hall–Kier alpha value is -2.32. The third-order valence-corrected chi connectivity index (χ3v) is 8.08. The summed E-state index contributed by atoms with van der Waals surface area (Å²) < 4.78 is 20.8. The summed E-state index contributed by atoms with van der Waals surface area (Å²) in [4.78, 5) is 16.3. The van der Waals surface area contributed by atoms with E-state index in [-0.39, 0.29) is 23.5 Å². The van der Waals surface area contributed by atoms with Gasteiger partial charge in [-0.1, -0.05) is 54.6 Å². The molecular weight excluding hydrogens is 452 g/mol. The van der Waals surface area contributed by atoms with E-state index >= 15 is 0 Å². The van der Waals surface area contributed by atoms with E-state index in [9.17, 15) is 9.35 Å². The minimum absolute atomic E-state index is 0.0217. The molecular formula is C26H32N2O3S2. The normalized spacial score (nSPS) is 13.4. The lowest BCUT2D eigenvalue weighted by molar-refractivity contribution is 0.103. The molecule has 1 unspecified atom stereocenters. The maximum absolute atomic E-state index is 12.5. The van der Waals surface area contributed by atoms with Crippen LogP contribution in [0.5, 0.6) is 0 Å². The van der Waals surface area contributed by atoms with E-state index in [1.807, 2.05) is 76.2 Å². The van der Waals surface area contributed by atoms with Gasteiger partial charge in [-0.3, -0.25) is 0 Å². The highest BCUT2D eigenvalue weighted by molar-refractivity contribution is 7.90. The van der Waals surface area contributed by atoms with Gasteiger partial charge in [-0.05, 0) is 56.5 Å². The van der Waals surface area contributed by atoms with Gasteiger partial charge >= 0.3 is 6.09 Å². The quantitative estimate of drug-likeness (QED) is 0.381. The molecule has 7 heteroatoms. The van der Waals surface area contributed by atoms with Crippen LogP contribution in [0.1, 0.15) is 49.7 Å². The van der Waals surface area contributed by atoms with E-state index in [2.05, 4.69) is 22.9 Å². The lowest BCUT2D eigenvalue weighted by Crippen LogP contribution is -2.40. The molecule has 0 aliphatic carbocycles. The summed E-state index contributed by atoms with van der Waals surface area (Å²) >= 11 is 0.534. The van der Waals surface area contributed by atoms with Crippen molar-refractivity contribution in [3.63, 3.8) is 0 Å². The van der Waals surface area contributed by atoms with Crippen molar-refractivity contribution in [1.82, 2.24) is 9.62 Å². The number of benzene rings is 2. The number of nitrogens with one attached hydrogen (secondary N) is 1. The number of thiophene rings is 1. The Bertz CT molecular complexity index is 1050. The molecule has 0 aliphatic heterocycles. The van der Waals surface area contributed by atoms with Gasteiger partial charge in [0.05, 0.1) is 6.04 Å². The van der Waals surface area contributed by atoms with Crippen molar-refractivity contribution in [1.29, 1.82) is 0 Å². The number of hydrogen-bond donors (Lipinski definition) is 1. The molecule has 0 fully saturated rings. The average Bonchev–Trinajstić information content (AvgIpc) is 3.28. The first-order valence-electron chi connectivity index (χ1n) is 10.9. The fourth-order valence-electron chi connectivity index (χ4n) is 3.17. The molecule has 0 radical (unpaired) electrons. The summed E-state index contributed by atoms with van der Waals surface area (Å²) in [6, 6.07) is 21.9.